The molecule has 2 spiro atoms. The monoisotopic (exact) mass is 470 g/mol. The van der Waals surface area contributed by atoms with E-state index in [0.29, 0.717) is 30.6 Å². The minimum absolute atomic E-state index is 0.100. The highest BCUT2D eigenvalue weighted by atomic mass is 16.4. The number of hydrogen-bond donors (Lipinski definition) is 2. The largest absolute Gasteiger partial charge is 0.481 e. The van der Waals surface area contributed by atoms with E-state index in [-0.39, 0.29) is 33.4 Å². The van der Waals surface area contributed by atoms with Crippen LogP contribution in [0.5, 0.6) is 0 Å². The number of allylic oxidation sites excluding steroid dienone is 2. The van der Waals surface area contributed by atoms with Gasteiger partial charge in [-0.15, -0.1) is 0 Å². The summed E-state index contributed by atoms with van der Waals surface area (Å²) in [5.41, 5.74) is 0.975. The van der Waals surface area contributed by atoms with Crippen molar-refractivity contribution in [3.8, 4) is 0 Å². The molecule has 0 saturated heterocycles. The summed E-state index contributed by atoms with van der Waals surface area (Å²) in [6.45, 7) is 13.2. The van der Waals surface area contributed by atoms with Crippen molar-refractivity contribution >= 4 is 11.8 Å². The smallest absolute Gasteiger partial charge is 0.312 e. The lowest BCUT2D eigenvalue weighted by molar-refractivity contribution is -0.189. The molecule has 2 N–H and O–H groups in total. The van der Waals surface area contributed by atoms with Crippen molar-refractivity contribution < 1.29 is 19.8 Å². The summed E-state index contributed by atoms with van der Waals surface area (Å²) in [7, 11) is 0. The third-order valence-corrected chi connectivity index (χ3v) is 12.9. The molecule has 0 aromatic carbocycles. The van der Waals surface area contributed by atoms with E-state index >= 15 is 0 Å². The molecule has 5 aliphatic carbocycles. The van der Waals surface area contributed by atoms with Crippen LogP contribution in [0.15, 0.2) is 11.6 Å². The van der Waals surface area contributed by atoms with Gasteiger partial charge in [0.2, 0.25) is 0 Å². The summed E-state index contributed by atoms with van der Waals surface area (Å²) in [6.07, 6.45) is 11.5. The normalized spacial score (nSPS) is 51.9. The van der Waals surface area contributed by atoms with E-state index in [0.717, 1.165) is 24.8 Å². The molecule has 4 heteroatoms. The highest BCUT2D eigenvalue weighted by molar-refractivity contribution is 5.90. The number of aliphatic hydroxyl groups is 1. The first kappa shape index (κ1) is 24.5. The SMILES string of the molecule is CC(C)=CC(=O)C[C@@H](C)[C@H]1CC[C@@]2(C)[C@H]3CC[C@@H]4[C@](C)(C(=O)O)[C@@H](O)CC[C@@]45C[C@@]35CC[C@]12C. The third kappa shape index (κ3) is 2.81. The molecule has 0 amide bonds. The number of ketones is 1. The molecular formula is C30H46O4. The molecule has 5 saturated carbocycles. The Kier molecular flexibility index (Phi) is 5.36. The maximum absolute atomic E-state index is 12.6. The Balaban J connectivity index is 1.43. The van der Waals surface area contributed by atoms with E-state index in [1.165, 1.54) is 32.1 Å². The van der Waals surface area contributed by atoms with Gasteiger partial charge in [-0.1, -0.05) is 26.3 Å². The molecule has 190 valence electrons. The molecule has 0 aromatic rings. The minimum atomic E-state index is -1.01. The van der Waals surface area contributed by atoms with Gasteiger partial charge in [0.05, 0.1) is 11.5 Å². The lowest BCUT2D eigenvalue weighted by atomic mass is 9.41. The standard InChI is InChI=1S/C30H46O4/c1-18(2)15-20(31)16-19(3)21-9-11-27(5)22-7-8-23-28(6,25(33)34)24(32)10-12-29(23)17-30(22,29)14-13-26(21,27)4/h15,19,21-24,32H,7-14,16-17H2,1-6H3,(H,33,34)/t19-,21-,22-,23-,24+,26-,27+,28+,29-,30+/m1/s1. The van der Waals surface area contributed by atoms with E-state index in [4.69, 9.17) is 0 Å². The molecule has 5 aliphatic rings. The van der Waals surface area contributed by atoms with Gasteiger partial charge in [0.1, 0.15) is 0 Å². The number of fused-ring (bicyclic) bond motifs is 2. The number of carboxylic acids is 1. The number of carboxylic acid groups (broad SMARTS) is 1. The van der Waals surface area contributed by atoms with Crippen LogP contribution in [0, 0.1) is 50.7 Å². The Labute approximate surface area is 206 Å². The Hall–Kier alpha value is -1.16. The number of hydrogen-bond acceptors (Lipinski definition) is 3. The van der Waals surface area contributed by atoms with Crippen LogP contribution in [-0.4, -0.2) is 28.1 Å². The second-order valence-electron chi connectivity index (χ2n) is 14.2. The number of carbonyl (C=O) groups is 2. The maximum atomic E-state index is 12.6. The number of aliphatic hydroxyl groups excluding tert-OH is 1. The highest BCUT2D eigenvalue weighted by Gasteiger charge is 2.83. The zero-order valence-corrected chi connectivity index (χ0v) is 22.2. The maximum Gasteiger partial charge on any atom is 0.312 e. The zero-order valence-electron chi connectivity index (χ0n) is 22.2. The summed E-state index contributed by atoms with van der Waals surface area (Å²) in [5.74, 6) is 1.19. The topological polar surface area (TPSA) is 74.6 Å². The van der Waals surface area contributed by atoms with Gasteiger partial charge in [0.15, 0.2) is 5.78 Å². The van der Waals surface area contributed by atoms with E-state index < -0.39 is 17.5 Å². The summed E-state index contributed by atoms with van der Waals surface area (Å²) < 4.78 is 0. The molecule has 0 unspecified atom stereocenters. The Morgan fingerprint density at radius 1 is 0.912 bits per heavy atom. The second kappa shape index (κ2) is 7.43. The first-order valence-electron chi connectivity index (χ1n) is 13.9. The van der Waals surface area contributed by atoms with Crippen molar-refractivity contribution in [1.29, 1.82) is 0 Å². The van der Waals surface area contributed by atoms with Gasteiger partial charge in [-0.2, -0.15) is 0 Å². The van der Waals surface area contributed by atoms with Gasteiger partial charge in [-0.3, -0.25) is 9.59 Å². The first-order chi connectivity index (χ1) is 15.8. The van der Waals surface area contributed by atoms with Gasteiger partial charge in [-0.25, -0.2) is 0 Å². The van der Waals surface area contributed by atoms with Crippen LogP contribution < -0.4 is 0 Å². The average molecular weight is 471 g/mol. The van der Waals surface area contributed by atoms with E-state index in [2.05, 4.69) is 20.8 Å². The van der Waals surface area contributed by atoms with Crippen LogP contribution in [0.4, 0.5) is 0 Å². The molecule has 34 heavy (non-hydrogen) atoms. The highest BCUT2D eigenvalue weighted by Crippen LogP contribution is 2.89. The molecule has 5 rings (SSSR count). The Bertz CT molecular complexity index is 934. The quantitative estimate of drug-likeness (QED) is 0.455. The summed E-state index contributed by atoms with van der Waals surface area (Å²) in [5, 5.41) is 21.0. The molecule has 0 bridgehead atoms. The summed E-state index contributed by atoms with van der Waals surface area (Å²) in [4.78, 5) is 25.0. The van der Waals surface area contributed by atoms with E-state index in [1.54, 1.807) is 0 Å². The fraction of sp³-hybridized carbons (Fsp3) is 0.867. The van der Waals surface area contributed by atoms with Crippen molar-refractivity contribution in [3.05, 3.63) is 11.6 Å². The molecule has 5 fully saturated rings. The summed E-state index contributed by atoms with van der Waals surface area (Å²) >= 11 is 0. The second-order valence-corrected chi connectivity index (χ2v) is 14.2. The molecule has 0 heterocycles. The van der Waals surface area contributed by atoms with Crippen molar-refractivity contribution in [2.24, 2.45) is 50.7 Å². The van der Waals surface area contributed by atoms with E-state index in [1.807, 2.05) is 26.8 Å². The fourth-order valence-corrected chi connectivity index (χ4v) is 11.2. The molecule has 0 aromatic heterocycles. The van der Waals surface area contributed by atoms with Crippen molar-refractivity contribution in [3.63, 3.8) is 0 Å². The fourth-order valence-electron chi connectivity index (χ4n) is 11.2. The van der Waals surface area contributed by atoms with Crippen LogP contribution in [0.3, 0.4) is 0 Å². The molecule has 4 nitrogen and oxygen atoms in total. The Morgan fingerprint density at radius 2 is 1.56 bits per heavy atom. The van der Waals surface area contributed by atoms with Gasteiger partial charge < -0.3 is 10.2 Å². The van der Waals surface area contributed by atoms with Gasteiger partial charge in [-0.05, 0) is 130 Å². The van der Waals surface area contributed by atoms with Crippen molar-refractivity contribution in [2.75, 3.05) is 0 Å². The van der Waals surface area contributed by atoms with Crippen LogP contribution in [-0.2, 0) is 9.59 Å². The van der Waals surface area contributed by atoms with Crippen LogP contribution in [0.25, 0.3) is 0 Å². The molecule has 10 atom stereocenters. The lowest BCUT2D eigenvalue weighted by Crippen LogP contribution is -2.60. The predicted molar refractivity (Wildman–Crippen MR) is 133 cm³/mol. The minimum Gasteiger partial charge on any atom is -0.481 e. The Morgan fingerprint density at radius 3 is 2.21 bits per heavy atom. The van der Waals surface area contributed by atoms with Gasteiger partial charge >= 0.3 is 5.97 Å². The number of aliphatic carboxylic acids is 1. The number of carbonyl (C=O) groups excluding carboxylic acids is 1. The first-order valence-corrected chi connectivity index (χ1v) is 13.9. The van der Waals surface area contributed by atoms with Crippen molar-refractivity contribution in [2.45, 2.75) is 112 Å². The lowest BCUT2D eigenvalue weighted by Gasteiger charge is -2.63. The molecular weight excluding hydrogens is 424 g/mol. The predicted octanol–water partition coefficient (Wildman–Crippen LogP) is 6.41. The molecule has 0 radical (unpaired) electrons. The van der Waals surface area contributed by atoms with Crippen molar-refractivity contribution in [1.82, 2.24) is 0 Å². The summed E-state index contributed by atoms with van der Waals surface area (Å²) in [6, 6.07) is 0. The van der Waals surface area contributed by atoms with Crippen LogP contribution in [0.2, 0.25) is 0 Å². The van der Waals surface area contributed by atoms with Crippen LogP contribution in [0.1, 0.15) is 106 Å². The van der Waals surface area contributed by atoms with Gasteiger partial charge in [0, 0.05) is 6.42 Å². The zero-order chi connectivity index (χ0) is 24.9. The third-order valence-electron chi connectivity index (χ3n) is 12.9. The van der Waals surface area contributed by atoms with Gasteiger partial charge in [0.25, 0.3) is 0 Å². The van der Waals surface area contributed by atoms with E-state index in [9.17, 15) is 19.8 Å². The molecule has 0 aliphatic heterocycles. The average Bonchev–Trinajstić information content (AvgIpc) is 3.32. The number of rotatable bonds is 5. The van der Waals surface area contributed by atoms with Crippen LogP contribution >= 0.6 is 0 Å².